The second-order valence-electron chi connectivity index (χ2n) is 2.62. The number of carbonyl (C=O) groups is 1. The van der Waals surface area contributed by atoms with E-state index in [-0.39, 0.29) is 0 Å². The normalized spacial score (nSPS) is 10.4. The third-order valence-corrected chi connectivity index (χ3v) is 1.96. The summed E-state index contributed by atoms with van der Waals surface area (Å²) >= 11 is 5.91. The SMILES string of the molecule is COc1ccc(C=CC(N)=O)c(Cl)c1. The second kappa shape index (κ2) is 4.67. The molecule has 0 aliphatic heterocycles. The Morgan fingerprint density at radius 1 is 1.57 bits per heavy atom. The fraction of sp³-hybridized carbons (Fsp3) is 0.100. The Morgan fingerprint density at radius 3 is 2.79 bits per heavy atom. The molecule has 2 N–H and O–H groups in total. The van der Waals surface area contributed by atoms with Gasteiger partial charge in [-0.05, 0) is 29.8 Å². The van der Waals surface area contributed by atoms with Gasteiger partial charge in [-0.2, -0.15) is 0 Å². The van der Waals surface area contributed by atoms with Gasteiger partial charge in [-0.1, -0.05) is 11.6 Å². The maximum atomic E-state index is 10.5. The number of methoxy groups -OCH3 is 1. The Hall–Kier alpha value is -1.48. The topological polar surface area (TPSA) is 52.3 Å². The Labute approximate surface area is 87.1 Å². The van der Waals surface area contributed by atoms with Gasteiger partial charge in [0.2, 0.25) is 5.91 Å². The van der Waals surface area contributed by atoms with Crippen LogP contribution in [0.15, 0.2) is 24.3 Å². The predicted molar refractivity (Wildman–Crippen MR) is 56.2 cm³/mol. The molecule has 0 bridgehead atoms. The van der Waals surface area contributed by atoms with Crippen LogP contribution >= 0.6 is 11.6 Å². The van der Waals surface area contributed by atoms with Crippen molar-refractivity contribution in [1.82, 2.24) is 0 Å². The number of amides is 1. The van der Waals surface area contributed by atoms with E-state index in [1.807, 2.05) is 0 Å². The summed E-state index contributed by atoms with van der Waals surface area (Å²) in [4.78, 5) is 10.5. The van der Waals surface area contributed by atoms with Crippen molar-refractivity contribution >= 4 is 23.6 Å². The minimum Gasteiger partial charge on any atom is -0.497 e. The van der Waals surface area contributed by atoms with E-state index in [2.05, 4.69) is 0 Å². The van der Waals surface area contributed by atoms with E-state index >= 15 is 0 Å². The van der Waals surface area contributed by atoms with Gasteiger partial charge < -0.3 is 10.5 Å². The van der Waals surface area contributed by atoms with Crippen LogP contribution in [0, 0.1) is 0 Å². The van der Waals surface area contributed by atoms with Crippen molar-refractivity contribution in [1.29, 1.82) is 0 Å². The minimum absolute atomic E-state index is 0.503. The summed E-state index contributed by atoms with van der Waals surface area (Å²) in [6, 6.07) is 5.18. The van der Waals surface area contributed by atoms with E-state index in [1.165, 1.54) is 6.08 Å². The Morgan fingerprint density at radius 2 is 2.29 bits per heavy atom. The summed E-state index contributed by atoms with van der Waals surface area (Å²) in [5.41, 5.74) is 5.68. The molecule has 0 saturated heterocycles. The van der Waals surface area contributed by atoms with Gasteiger partial charge in [0, 0.05) is 6.08 Å². The average molecular weight is 212 g/mol. The highest BCUT2D eigenvalue weighted by molar-refractivity contribution is 6.32. The Kier molecular flexibility index (Phi) is 3.54. The maximum absolute atomic E-state index is 10.5. The van der Waals surface area contributed by atoms with Gasteiger partial charge in [0.25, 0.3) is 0 Å². The van der Waals surface area contributed by atoms with E-state index in [4.69, 9.17) is 22.1 Å². The van der Waals surface area contributed by atoms with Crippen molar-refractivity contribution < 1.29 is 9.53 Å². The Balaban J connectivity index is 2.94. The molecule has 1 aromatic carbocycles. The zero-order valence-corrected chi connectivity index (χ0v) is 8.41. The highest BCUT2D eigenvalue weighted by Crippen LogP contribution is 2.23. The van der Waals surface area contributed by atoms with Crippen LogP contribution in [0.25, 0.3) is 6.08 Å². The predicted octanol–water partition coefficient (Wildman–Crippen LogP) is 1.85. The van der Waals surface area contributed by atoms with Gasteiger partial charge in [-0.25, -0.2) is 0 Å². The van der Waals surface area contributed by atoms with Crippen LogP contribution in [0.2, 0.25) is 5.02 Å². The number of primary amides is 1. The number of hydrogen-bond donors (Lipinski definition) is 1. The molecular weight excluding hydrogens is 202 g/mol. The summed E-state index contributed by atoms with van der Waals surface area (Å²) in [6.45, 7) is 0. The molecule has 0 radical (unpaired) electrons. The molecule has 0 aromatic heterocycles. The van der Waals surface area contributed by atoms with E-state index in [9.17, 15) is 4.79 Å². The van der Waals surface area contributed by atoms with E-state index in [1.54, 1.807) is 31.4 Å². The van der Waals surface area contributed by atoms with Crippen LogP contribution in [0.4, 0.5) is 0 Å². The van der Waals surface area contributed by atoms with Gasteiger partial charge in [0.1, 0.15) is 5.75 Å². The quantitative estimate of drug-likeness (QED) is 0.776. The molecule has 14 heavy (non-hydrogen) atoms. The van der Waals surface area contributed by atoms with Crippen molar-refractivity contribution in [2.45, 2.75) is 0 Å². The largest absolute Gasteiger partial charge is 0.497 e. The molecule has 1 aromatic rings. The third-order valence-electron chi connectivity index (χ3n) is 1.63. The highest BCUT2D eigenvalue weighted by Gasteiger charge is 1.98. The monoisotopic (exact) mass is 211 g/mol. The molecule has 3 nitrogen and oxygen atoms in total. The molecule has 1 rings (SSSR count). The first-order valence-corrected chi connectivity index (χ1v) is 4.32. The van der Waals surface area contributed by atoms with E-state index in [0.29, 0.717) is 10.8 Å². The standard InChI is InChI=1S/C10H10ClNO2/c1-14-8-4-2-7(9(11)6-8)3-5-10(12)13/h2-6H,1H3,(H2,12,13). The van der Waals surface area contributed by atoms with Crippen LogP contribution in [0.3, 0.4) is 0 Å². The number of carbonyl (C=O) groups excluding carboxylic acids is 1. The molecule has 0 aliphatic carbocycles. The first kappa shape index (κ1) is 10.6. The fourth-order valence-corrected chi connectivity index (χ4v) is 1.18. The van der Waals surface area contributed by atoms with Crippen molar-refractivity contribution in [2.75, 3.05) is 7.11 Å². The zero-order valence-electron chi connectivity index (χ0n) is 7.66. The lowest BCUT2D eigenvalue weighted by Gasteiger charge is -2.02. The van der Waals surface area contributed by atoms with Gasteiger partial charge in [-0.15, -0.1) is 0 Å². The average Bonchev–Trinajstić information content (AvgIpc) is 2.15. The van der Waals surface area contributed by atoms with Crippen LogP contribution in [-0.2, 0) is 4.79 Å². The lowest BCUT2D eigenvalue weighted by molar-refractivity contribution is -0.113. The highest BCUT2D eigenvalue weighted by atomic mass is 35.5. The lowest BCUT2D eigenvalue weighted by Crippen LogP contribution is -2.05. The summed E-state index contributed by atoms with van der Waals surface area (Å²) in [7, 11) is 1.56. The number of halogens is 1. The zero-order chi connectivity index (χ0) is 10.6. The molecule has 0 spiro atoms. The molecule has 0 heterocycles. The van der Waals surface area contributed by atoms with Crippen LogP contribution in [0.5, 0.6) is 5.75 Å². The molecule has 74 valence electrons. The molecular formula is C10H10ClNO2. The lowest BCUT2D eigenvalue weighted by atomic mass is 10.2. The van der Waals surface area contributed by atoms with Crippen LogP contribution in [-0.4, -0.2) is 13.0 Å². The molecule has 1 amide bonds. The molecule has 0 fully saturated rings. The van der Waals surface area contributed by atoms with Gasteiger partial charge in [-0.3, -0.25) is 4.79 Å². The summed E-state index contributed by atoms with van der Waals surface area (Å²) in [5, 5.41) is 0.516. The molecule has 0 unspecified atom stereocenters. The molecule has 4 heteroatoms. The maximum Gasteiger partial charge on any atom is 0.241 e. The second-order valence-corrected chi connectivity index (χ2v) is 3.03. The molecule has 0 atom stereocenters. The van der Waals surface area contributed by atoms with E-state index in [0.717, 1.165) is 5.56 Å². The van der Waals surface area contributed by atoms with Crippen LogP contribution in [0.1, 0.15) is 5.56 Å². The van der Waals surface area contributed by atoms with Crippen molar-refractivity contribution in [3.63, 3.8) is 0 Å². The van der Waals surface area contributed by atoms with Gasteiger partial charge in [0.05, 0.1) is 12.1 Å². The van der Waals surface area contributed by atoms with Crippen molar-refractivity contribution in [3.8, 4) is 5.75 Å². The first-order chi connectivity index (χ1) is 6.63. The van der Waals surface area contributed by atoms with Crippen LogP contribution < -0.4 is 10.5 Å². The van der Waals surface area contributed by atoms with Gasteiger partial charge >= 0.3 is 0 Å². The summed E-state index contributed by atoms with van der Waals surface area (Å²) < 4.78 is 4.98. The summed E-state index contributed by atoms with van der Waals surface area (Å²) in [5.74, 6) is 0.170. The van der Waals surface area contributed by atoms with Gasteiger partial charge in [0.15, 0.2) is 0 Å². The fourth-order valence-electron chi connectivity index (χ4n) is 0.942. The summed E-state index contributed by atoms with van der Waals surface area (Å²) in [6.07, 6.45) is 2.82. The smallest absolute Gasteiger partial charge is 0.241 e. The molecule has 0 aliphatic rings. The minimum atomic E-state index is -0.503. The number of ether oxygens (including phenoxy) is 1. The number of nitrogens with two attached hydrogens (primary N) is 1. The third kappa shape index (κ3) is 2.78. The van der Waals surface area contributed by atoms with E-state index < -0.39 is 5.91 Å². The number of benzene rings is 1. The number of rotatable bonds is 3. The molecule has 0 saturated carbocycles. The van der Waals surface area contributed by atoms with Crippen molar-refractivity contribution in [2.24, 2.45) is 5.73 Å². The number of hydrogen-bond acceptors (Lipinski definition) is 2. The first-order valence-electron chi connectivity index (χ1n) is 3.94. The Bertz CT molecular complexity index is 374. The van der Waals surface area contributed by atoms with Crippen molar-refractivity contribution in [3.05, 3.63) is 34.9 Å².